The molecule has 0 amide bonds. The Morgan fingerprint density at radius 3 is 3.16 bits per heavy atom. The van der Waals surface area contributed by atoms with Gasteiger partial charge < -0.3 is 14.8 Å². The summed E-state index contributed by atoms with van der Waals surface area (Å²) in [6.07, 6.45) is 3.61. The fourth-order valence-electron chi connectivity index (χ4n) is 2.78. The first-order valence-electron chi connectivity index (χ1n) is 7.05. The van der Waals surface area contributed by atoms with Crippen LogP contribution in [0.1, 0.15) is 18.4 Å². The van der Waals surface area contributed by atoms with E-state index in [1.165, 1.54) is 18.4 Å². The maximum Gasteiger partial charge on any atom is 0.123 e. The van der Waals surface area contributed by atoms with Crippen molar-refractivity contribution in [1.29, 1.82) is 0 Å². The van der Waals surface area contributed by atoms with Gasteiger partial charge in [-0.1, -0.05) is 11.6 Å². The molecular formula is C15H20ClNO2. The number of fused-ring (bicyclic) bond motifs is 1. The molecule has 2 aliphatic rings. The van der Waals surface area contributed by atoms with Crippen LogP contribution in [-0.2, 0) is 11.2 Å². The minimum absolute atomic E-state index is 0.244. The van der Waals surface area contributed by atoms with Gasteiger partial charge in [0.25, 0.3) is 0 Å². The molecule has 0 saturated carbocycles. The second kappa shape index (κ2) is 6.12. The standard InChI is InChI=1S/C15H20ClNO2/c16-13-1-2-15-12(7-13)8-14(19-15)9-17-5-3-11-4-6-18-10-11/h1-2,7,11,14,17H,3-6,8-10H2. The Morgan fingerprint density at radius 2 is 2.32 bits per heavy atom. The van der Waals surface area contributed by atoms with Crippen molar-refractivity contribution in [2.24, 2.45) is 5.92 Å². The Bertz CT molecular complexity index is 432. The lowest BCUT2D eigenvalue weighted by Crippen LogP contribution is -2.31. The van der Waals surface area contributed by atoms with Crippen molar-refractivity contribution < 1.29 is 9.47 Å². The van der Waals surface area contributed by atoms with Gasteiger partial charge in [0.1, 0.15) is 11.9 Å². The van der Waals surface area contributed by atoms with E-state index in [4.69, 9.17) is 21.1 Å². The van der Waals surface area contributed by atoms with Crippen molar-refractivity contribution in [3.63, 3.8) is 0 Å². The highest BCUT2D eigenvalue weighted by Gasteiger charge is 2.22. The lowest BCUT2D eigenvalue weighted by molar-refractivity contribution is 0.183. The number of hydrogen-bond acceptors (Lipinski definition) is 3. The van der Waals surface area contributed by atoms with Gasteiger partial charge in [0.15, 0.2) is 0 Å². The minimum Gasteiger partial charge on any atom is -0.488 e. The Kier molecular flexibility index (Phi) is 4.26. The Hall–Kier alpha value is -0.770. The average molecular weight is 282 g/mol. The highest BCUT2D eigenvalue weighted by atomic mass is 35.5. The first kappa shape index (κ1) is 13.2. The molecule has 0 bridgehead atoms. The highest BCUT2D eigenvalue weighted by molar-refractivity contribution is 6.30. The predicted molar refractivity (Wildman–Crippen MR) is 76.0 cm³/mol. The molecule has 0 aliphatic carbocycles. The molecule has 0 aromatic heterocycles. The fourth-order valence-corrected chi connectivity index (χ4v) is 2.98. The number of rotatable bonds is 5. The monoisotopic (exact) mass is 281 g/mol. The average Bonchev–Trinajstić information content (AvgIpc) is 3.02. The number of hydrogen-bond donors (Lipinski definition) is 1. The van der Waals surface area contributed by atoms with Crippen molar-refractivity contribution in [2.45, 2.75) is 25.4 Å². The summed E-state index contributed by atoms with van der Waals surface area (Å²) >= 11 is 5.99. The van der Waals surface area contributed by atoms with Crippen molar-refractivity contribution in [2.75, 3.05) is 26.3 Å². The van der Waals surface area contributed by atoms with Crippen LogP contribution in [0.15, 0.2) is 18.2 Å². The number of benzene rings is 1. The summed E-state index contributed by atoms with van der Waals surface area (Å²) in [5.41, 5.74) is 1.23. The lowest BCUT2D eigenvalue weighted by atomic mass is 10.1. The van der Waals surface area contributed by atoms with Crippen LogP contribution in [0, 0.1) is 5.92 Å². The van der Waals surface area contributed by atoms with Gasteiger partial charge in [-0.05, 0) is 49.1 Å². The molecule has 3 nitrogen and oxygen atoms in total. The summed E-state index contributed by atoms with van der Waals surface area (Å²) in [6, 6.07) is 5.86. The van der Waals surface area contributed by atoms with Gasteiger partial charge in [0, 0.05) is 31.2 Å². The van der Waals surface area contributed by atoms with Crippen LogP contribution in [-0.4, -0.2) is 32.4 Å². The third-order valence-corrected chi connectivity index (χ3v) is 4.12. The van der Waals surface area contributed by atoms with Crippen LogP contribution in [0.3, 0.4) is 0 Å². The third-order valence-electron chi connectivity index (χ3n) is 3.89. The van der Waals surface area contributed by atoms with E-state index in [0.717, 1.165) is 49.4 Å². The van der Waals surface area contributed by atoms with Crippen LogP contribution >= 0.6 is 11.6 Å². The Balaban J connectivity index is 1.38. The smallest absolute Gasteiger partial charge is 0.123 e. The third kappa shape index (κ3) is 3.41. The summed E-state index contributed by atoms with van der Waals surface area (Å²) in [7, 11) is 0. The number of ether oxygens (including phenoxy) is 2. The van der Waals surface area contributed by atoms with Gasteiger partial charge in [-0.3, -0.25) is 0 Å². The summed E-state index contributed by atoms with van der Waals surface area (Å²) in [4.78, 5) is 0. The van der Waals surface area contributed by atoms with Crippen molar-refractivity contribution in [3.8, 4) is 5.75 Å². The van der Waals surface area contributed by atoms with Gasteiger partial charge >= 0.3 is 0 Å². The molecule has 1 aromatic rings. The van der Waals surface area contributed by atoms with Gasteiger partial charge in [-0.15, -0.1) is 0 Å². The van der Waals surface area contributed by atoms with E-state index in [-0.39, 0.29) is 6.10 Å². The molecule has 2 unspecified atom stereocenters. The second-order valence-corrected chi connectivity index (χ2v) is 5.85. The Morgan fingerprint density at radius 1 is 1.37 bits per heavy atom. The molecule has 0 spiro atoms. The van der Waals surface area contributed by atoms with Gasteiger partial charge in [-0.2, -0.15) is 0 Å². The molecule has 19 heavy (non-hydrogen) atoms. The molecule has 2 aliphatic heterocycles. The van der Waals surface area contributed by atoms with Crippen LogP contribution in [0.5, 0.6) is 5.75 Å². The predicted octanol–water partition coefficient (Wildman–Crippen LogP) is 2.66. The Labute approximate surface area is 119 Å². The maximum atomic E-state index is 5.99. The first-order valence-corrected chi connectivity index (χ1v) is 7.42. The molecule has 4 heteroatoms. The fraction of sp³-hybridized carbons (Fsp3) is 0.600. The molecule has 2 atom stereocenters. The lowest BCUT2D eigenvalue weighted by Gasteiger charge is -2.13. The molecule has 2 heterocycles. The van der Waals surface area contributed by atoms with Gasteiger partial charge in [-0.25, -0.2) is 0 Å². The quantitative estimate of drug-likeness (QED) is 0.842. The van der Waals surface area contributed by atoms with Crippen molar-refractivity contribution >= 4 is 11.6 Å². The first-order chi connectivity index (χ1) is 9.31. The summed E-state index contributed by atoms with van der Waals surface area (Å²) < 4.78 is 11.3. The SMILES string of the molecule is Clc1ccc2c(c1)CC(CNCCC1CCOC1)O2. The highest BCUT2D eigenvalue weighted by Crippen LogP contribution is 2.30. The van der Waals surface area contributed by atoms with Crippen LogP contribution in [0.4, 0.5) is 0 Å². The minimum atomic E-state index is 0.244. The zero-order valence-corrected chi connectivity index (χ0v) is 11.8. The van der Waals surface area contributed by atoms with Gasteiger partial charge in [0.2, 0.25) is 0 Å². The normalized spacial score (nSPS) is 25.3. The number of halogens is 1. The van der Waals surface area contributed by atoms with Crippen LogP contribution in [0.2, 0.25) is 5.02 Å². The molecule has 1 aromatic carbocycles. The molecule has 3 rings (SSSR count). The molecule has 0 radical (unpaired) electrons. The van der Waals surface area contributed by atoms with E-state index in [1.54, 1.807) is 0 Å². The molecule has 1 fully saturated rings. The van der Waals surface area contributed by atoms with Crippen molar-refractivity contribution in [3.05, 3.63) is 28.8 Å². The van der Waals surface area contributed by atoms with Crippen LogP contribution in [0.25, 0.3) is 0 Å². The summed E-state index contributed by atoms with van der Waals surface area (Å²) in [5, 5.41) is 4.28. The second-order valence-electron chi connectivity index (χ2n) is 5.42. The van der Waals surface area contributed by atoms with Crippen molar-refractivity contribution in [1.82, 2.24) is 5.32 Å². The zero-order valence-electron chi connectivity index (χ0n) is 11.0. The maximum absolute atomic E-state index is 5.99. The number of nitrogens with one attached hydrogen (secondary N) is 1. The molecule has 1 N–H and O–H groups in total. The topological polar surface area (TPSA) is 30.5 Å². The van der Waals surface area contributed by atoms with E-state index < -0.39 is 0 Å². The molecular weight excluding hydrogens is 262 g/mol. The van der Waals surface area contributed by atoms with Gasteiger partial charge in [0.05, 0.1) is 0 Å². The molecule has 104 valence electrons. The molecule has 1 saturated heterocycles. The van der Waals surface area contributed by atoms with E-state index in [9.17, 15) is 0 Å². The van der Waals surface area contributed by atoms with E-state index in [0.29, 0.717) is 0 Å². The van der Waals surface area contributed by atoms with E-state index in [2.05, 4.69) is 5.32 Å². The zero-order chi connectivity index (χ0) is 13.1. The van der Waals surface area contributed by atoms with Crippen LogP contribution < -0.4 is 10.1 Å². The summed E-state index contributed by atoms with van der Waals surface area (Å²) in [6.45, 7) is 3.82. The largest absolute Gasteiger partial charge is 0.488 e. The summed E-state index contributed by atoms with van der Waals surface area (Å²) in [5.74, 6) is 1.73. The van der Waals surface area contributed by atoms with E-state index >= 15 is 0 Å². The van der Waals surface area contributed by atoms with E-state index in [1.807, 2.05) is 18.2 Å².